The molecule has 8 heteroatoms. The summed E-state index contributed by atoms with van der Waals surface area (Å²) in [7, 11) is 0. The van der Waals surface area contributed by atoms with Gasteiger partial charge in [0, 0.05) is 18.3 Å². The normalized spacial score (nSPS) is 15.1. The van der Waals surface area contributed by atoms with E-state index in [2.05, 4.69) is 25.1 Å². The van der Waals surface area contributed by atoms with Crippen LogP contribution in [-0.2, 0) is 24.2 Å². The molecule has 1 unspecified atom stereocenters. The maximum Gasteiger partial charge on any atom is 0.226 e. The van der Waals surface area contributed by atoms with E-state index in [4.69, 9.17) is 5.73 Å². The average Bonchev–Trinajstić information content (AvgIpc) is 3.04. The highest BCUT2D eigenvalue weighted by Crippen LogP contribution is 2.19. The summed E-state index contributed by atoms with van der Waals surface area (Å²) in [6.07, 6.45) is 2.29. The number of rotatable bonds is 4. The highest BCUT2D eigenvalue weighted by Gasteiger charge is 2.22. The van der Waals surface area contributed by atoms with Crippen LogP contribution in [-0.4, -0.2) is 25.7 Å². The SMILES string of the molecule is CC(NC(=O)Cc1csc(N)n1)c1nnc2n1CCC2. The Morgan fingerprint density at radius 1 is 1.60 bits per heavy atom. The first-order valence-electron chi connectivity index (χ1n) is 6.54. The highest BCUT2D eigenvalue weighted by molar-refractivity contribution is 7.13. The maximum absolute atomic E-state index is 12.0. The Balaban J connectivity index is 1.63. The molecule has 0 aliphatic carbocycles. The molecule has 0 saturated heterocycles. The van der Waals surface area contributed by atoms with Crippen molar-refractivity contribution in [2.45, 2.75) is 38.8 Å². The van der Waals surface area contributed by atoms with Gasteiger partial charge in [-0.25, -0.2) is 4.98 Å². The van der Waals surface area contributed by atoms with Crippen molar-refractivity contribution in [3.8, 4) is 0 Å². The maximum atomic E-state index is 12.0. The first kappa shape index (κ1) is 13.0. The number of aryl methyl sites for hydroxylation is 1. The predicted octanol–water partition coefficient (Wildman–Crippen LogP) is 0.683. The van der Waals surface area contributed by atoms with Gasteiger partial charge in [-0.3, -0.25) is 4.79 Å². The number of hydrogen-bond acceptors (Lipinski definition) is 6. The molecular formula is C12H16N6OS. The minimum absolute atomic E-state index is 0.0850. The molecule has 2 aromatic heterocycles. The molecule has 1 aliphatic rings. The zero-order valence-electron chi connectivity index (χ0n) is 11.2. The van der Waals surface area contributed by atoms with Gasteiger partial charge in [-0.2, -0.15) is 0 Å². The second-order valence-corrected chi connectivity index (χ2v) is 5.76. The molecule has 106 valence electrons. The molecule has 1 aliphatic heterocycles. The molecule has 1 amide bonds. The number of carbonyl (C=O) groups is 1. The number of fused-ring (bicyclic) bond motifs is 1. The first-order chi connectivity index (χ1) is 9.63. The molecule has 0 radical (unpaired) electrons. The molecule has 20 heavy (non-hydrogen) atoms. The Hall–Kier alpha value is -1.96. The smallest absolute Gasteiger partial charge is 0.226 e. The topological polar surface area (TPSA) is 98.7 Å². The average molecular weight is 292 g/mol. The molecule has 3 heterocycles. The Bertz CT molecular complexity index is 634. The van der Waals surface area contributed by atoms with Crippen LogP contribution < -0.4 is 11.1 Å². The van der Waals surface area contributed by atoms with Crippen LogP contribution in [0.2, 0.25) is 0 Å². The van der Waals surface area contributed by atoms with Gasteiger partial charge in [-0.15, -0.1) is 21.5 Å². The molecule has 0 saturated carbocycles. The van der Waals surface area contributed by atoms with Crippen LogP contribution in [0.3, 0.4) is 0 Å². The van der Waals surface area contributed by atoms with Gasteiger partial charge < -0.3 is 15.6 Å². The fourth-order valence-electron chi connectivity index (χ4n) is 2.42. The fourth-order valence-corrected chi connectivity index (χ4v) is 2.98. The number of anilines is 1. The van der Waals surface area contributed by atoms with Crippen LogP contribution in [0.25, 0.3) is 0 Å². The van der Waals surface area contributed by atoms with Gasteiger partial charge >= 0.3 is 0 Å². The van der Waals surface area contributed by atoms with E-state index < -0.39 is 0 Å². The zero-order chi connectivity index (χ0) is 14.1. The van der Waals surface area contributed by atoms with Gasteiger partial charge in [-0.05, 0) is 13.3 Å². The van der Waals surface area contributed by atoms with Crippen molar-refractivity contribution in [1.29, 1.82) is 0 Å². The minimum atomic E-state index is -0.155. The molecule has 0 fully saturated rings. The third-order valence-corrected chi connectivity index (χ3v) is 4.04. The van der Waals surface area contributed by atoms with Crippen LogP contribution in [0, 0.1) is 0 Å². The second kappa shape index (κ2) is 5.20. The van der Waals surface area contributed by atoms with Crippen molar-refractivity contribution in [3.63, 3.8) is 0 Å². The van der Waals surface area contributed by atoms with Crippen molar-refractivity contribution in [2.24, 2.45) is 0 Å². The molecule has 3 rings (SSSR count). The zero-order valence-corrected chi connectivity index (χ0v) is 12.0. The molecular weight excluding hydrogens is 276 g/mol. The number of thiazole rings is 1. The van der Waals surface area contributed by atoms with Crippen LogP contribution >= 0.6 is 11.3 Å². The van der Waals surface area contributed by atoms with E-state index in [1.165, 1.54) is 11.3 Å². The standard InChI is InChI=1S/C12H16N6OS/c1-7(11-17-16-9-3-2-4-18(9)11)14-10(19)5-8-6-20-12(13)15-8/h6-7H,2-5H2,1H3,(H2,13,15)(H,14,19). The van der Waals surface area contributed by atoms with E-state index in [1.807, 2.05) is 6.92 Å². The van der Waals surface area contributed by atoms with E-state index in [0.717, 1.165) is 31.0 Å². The van der Waals surface area contributed by atoms with Gasteiger partial charge in [0.25, 0.3) is 0 Å². The molecule has 3 N–H and O–H groups in total. The lowest BCUT2D eigenvalue weighted by atomic mass is 10.2. The summed E-state index contributed by atoms with van der Waals surface area (Å²) in [5, 5.41) is 13.5. The number of carbonyl (C=O) groups excluding carboxylic acids is 1. The fraction of sp³-hybridized carbons (Fsp3) is 0.500. The summed E-state index contributed by atoms with van der Waals surface area (Å²) in [5.41, 5.74) is 6.25. The van der Waals surface area contributed by atoms with E-state index >= 15 is 0 Å². The van der Waals surface area contributed by atoms with Crippen LogP contribution in [0.15, 0.2) is 5.38 Å². The summed E-state index contributed by atoms with van der Waals surface area (Å²) in [6, 6.07) is -0.155. The lowest BCUT2D eigenvalue weighted by Gasteiger charge is -2.13. The number of nitrogens with two attached hydrogens (primary N) is 1. The molecule has 2 aromatic rings. The van der Waals surface area contributed by atoms with Crippen molar-refractivity contribution < 1.29 is 4.79 Å². The third-order valence-electron chi connectivity index (χ3n) is 3.31. The van der Waals surface area contributed by atoms with Gasteiger partial charge in [-0.1, -0.05) is 0 Å². The third kappa shape index (κ3) is 2.51. The number of hydrogen-bond donors (Lipinski definition) is 2. The largest absolute Gasteiger partial charge is 0.375 e. The van der Waals surface area contributed by atoms with Crippen molar-refractivity contribution in [3.05, 3.63) is 22.7 Å². The summed E-state index contributed by atoms with van der Waals surface area (Å²) < 4.78 is 2.09. The van der Waals surface area contributed by atoms with E-state index in [-0.39, 0.29) is 18.4 Å². The number of nitrogen functional groups attached to an aromatic ring is 1. The molecule has 0 spiro atoms. The van der Waals surface area contributed by atoms with E-state index in [1.54, 1.807) is 5.38 Å². The van der Waals surface area contributed by atoms with Crippen molar-refractivity contribution in [1.82, 2.24) is 25.1 Å². The summed E-state index contributed by atoms with van der Waals surface area (Å²) in [6.45, 7) is 2.85. The van der Waals surface area contributed by atoms with Gasteiger partial charge in [0.2, 0.25) is 5.91 Å². The number of nitrogens with one attached hydrogen (secondary N) is 1. The van der Waals surface area contributed by atoms with Gasteiger partial charge in [0.05, 0.1) is 18.2 Å². The van der Waals surface area contributed by atoms with Crippen molar-refractivity contribution in [2.75, 3.05) is 5.73 Å². The first-order valence-corrected chi connectivity index (χ1v) is 7.42. The second-order valence-electron chi connectivity index (χ2n) is 4.87. The lowest BCUT2D eigenvalue weighted by molar-refractivity contribution is -0.121. The molecule has 1 atom stereocenters. The molecule has 0 bridgehead atoms. The van der Waals surface area contributed by atoms with E-state index in [0.29, 0.717) is 10.8 Å². The van der Waals surface area contributed by atoms with Crippen molar-refractivity contribution >= 4 is 22.4 Å². The Kier molecular flexibility index (Phi) is 3.39. The monoisotopic (exact) mass is 292 g/mol. The summed E-state index contributed by atoms with van der Waals surface area (Å²) in [5.74, 6) is 1.75. The highest BCUT2D eigenvalue weighted by atomic mass is 32.1. The lowest BCUT2D eigenvalue weighted by Crippen LogP contribution is -2.30. The quantitative estimate of drug-likeness (QED) is 0.863. The Morgan fingerprint density at radius 3 is 3.20 bits per heavy atom. The minimum Gasteiger partial charge on any atom is -0.375 e. The van der Waals surface area contributed by atoms with E-state index in [9.17, 15) is 4.79 Å². The summed E-state index contributed by atoms with van der Waals surface area (Å²) in [4.78, 5) is 16.1. The van der Waals surface area contributed by atoms with Crippen LogP contribution in [0.1, 0.15) is 36.7 Å². The van der Waals surface area contributed by atoms with Crippen LogP contribution in [0.4, 0.5) is 5.13 Å². The Morgan fingerprint density at radius 2 is 2.45 bits per heavy atom. The number of nitrogens with zero attached hydrogens (tertiary/aromatic N) is 4. The molecule has 0 aromatic carbocycles. The van der Waals surface area contributed by atoms with Gasteiger partial charge in [0.15, 0.2) is 11.0 Å². The predicted molar refractivity (Wildman–Crippen MR) is 75.1 cm³/mol. The van der Waals surface area contributed by atoms with Crippen LogP contribution in [0.5, 0.6) is 0 Å². The number of aromatic nitrogens is 4. The Labute approximate surface area is 120 Å². The number of amides is 1. The molecule has 7 nitrogen and oxygen atoms in total. The summed E-state index contributed by atoms with van der Waals surface area (Å²) >= 11 is 1.34. The van der Waals surface area contributed by atoms with Gasteiger partial charge in [0.1, 0.15) is 5.82 Å².